The molecule has 12 atom stereocenters. The number of fused-ring (bicyclic) bond motifs is 3. The standard InChI is InChI=1S/C36H42O15/c1-17(2)26(43)47-28-35-22(12-23(39)40)29(5,25(42)20-8-11-44-14-20)9-10-33(35)32-16-45-24(41)13-21(32)30(6)15-34(32,50-31(7,49-33)51-35)36(28,48-19(4)38)27(30)46-18(3)37/h8,11,14,17,21-22,27-28H,9-10,12-13,15-16H2,1-7H3,(H,39,40)/t21?,22-,27+,28+,29-,30-,31?,32+,33?,34-,35?,36+/m1/s1. The van der Waals surface area contributed by atoms with Crippen LogP contribution < -0.4 is 0 Å². The first kappa shape index (κ1) is 34.3. The predicted molar refractivity (Wildman–Crippen MR) is 165 cm³/mol. The molecule has 3 spiro atoms. The zero-order chi connectivity index (χ0) is 36.9. The first-order chi connectivity index (χ1) is 23.8. The second-order valence-corrected chi connectivity index (χ2v) is 16.4. The number of rotatable bonds is 8. The van der Waals surface area contributed by atoms with Crippen molar-refractivity contribution in [1.82, 2.24) is 0 Å². The fourth-order valence-electron chi connectivity index (χ4n) is 12.5. The van der Waals surface area contributed by atoms with Gasteiger partial charge in [0.1, 0.15) is 29.7 Å². The maximum atomic E-state index is 14.7. The molecule has 15 heteroatoms. The molecule has 1 aromatic heterocycles. The van der Waals surface area contributed by atoms with E-state index in [0.717, 1.165) is 6.92 Å². The number of cyclic esters (lactones) is 1. The van der Waals surface area contributed by atoms with Gasteiger partial charge in [-0.2, -0.15) is 0 Å². The summed E-state index contributed by atoms with van der Waals surface area (Å²) in [6.07, 6.45) is -1.27. The van der Waals surface area contributed by atoms with E-state index < -0.39 is 117 Å². The van der Waals surface area contributed by atoms with Crippen molar-refractivity contribution in [3.8, 4) is 0 Å². The minimum atomic E-state index is -2.21. The van der Waals surface area contributed by atoms with Crippen LogP contribution in [0.2, 0.25) is 0 Å². The maximum absolute atomic E-state index is 14.7. The smallest absolute Gasteiger partial charge is 0.308 e. The van der Waals surface area contributed by atoms with Gasteiger partial charge in [-0.05, 0) is 31.2 Å². The molecule has 1 N–H and O–H groups in total. The largest absolute Gasteiger partial charge is 0.481 e. The average molecular weight is 715 g/mol. The van der Waals surface area contributed by atoms with E-state index in [1.165, 1.54) is 32.4 Å². The van der Waals surface area contributed by atoms with Gasteiger partial charge in [0.25, 0.3) is 5.97 Å². The molecule has 4 unspecified atom stereocenters. The molecule has 276 valence electrons. The van der Waals surface area contributed by atoms with E-state index in [0.29, 0.717) is 0 Å². The van der Waals surface area contributed by atoms with Crippen molar-refractivity contribution in [1.29, 1.82) is 0 Å². The molecule has 0 aromatic carbocycles. The number of hydrogen-bond acceptors (Lipinski definition) is 14. The van der Waals surface area contributed by atoms with Gasteiger partial charge in [0.05, 0.1) is 29.6 Å². The van der Waals surface area contributed by atoms with Crippen LogP contribution in [0.1, 0.15) is 90.9 Å². The summed E-state index contributed by atoms with van der Waals surface area (Å²) in [4.78, 5) is 81.8. The summed E-state index contributed by atoms with van der Waals surface area (Å²) in [5, 5.41) is 10.7. The van der Waals surface area contributed by atoms with Gasteiger partial charge < -0.3 is 42.7 Å². The monoisotopic (exact) mass is 714 g/mol. The highest BCUT2D eigenvalue weighted by Gasteiger charge is 3.06. The molecule has 4 heterocycles. The van der Waals surface area contributed by atoms with Gasteiger partial charge in [0, 0.05) is 43.9 Å². The number of carbonyl (C=O) groups is 6. The third kappa shape index (κ3) is 3.56. The molecule has 7 aliphatic rings. The zero-order valence-corrected chi connectivity index (χ0v) is 29.5. The normalized spacial score (nSPS) is 48.0. The van der Waals surface area contributed by atoms with Crippen molar-refractivity contribution < 1.29 is 71.4 Å². The number of carboxylic acid groups (broad SMARTS) is 1. The first-order valence-electron chi connectivity index (χ1n) is 17.4. The van der Waals surface area contributed by atoms with E-state index in [1.807, 2.05) is 6.92 Å². The van der Waals surface area contributed by atoms with Crippen LogP contribution in [0.4, 0.5) is 0 Å². The Balaban J connectivity index is 1.53. The van der Waals surface area contributed by atoms with Crippen LogP contribution in [0, 0.1) is 34.0 Å². The molecule has 51 heavy (non-hydrogen) atoms. The van der Waals surface area contributed by atoms with Gasteiger partial charge in [-0.25, -0.2) is 0 Å². The van der Waals surface area contributed by atoms with Crippen molar-refractivity contribution in [3.63, 3.8) is 0 Å². The second-order valence-electron chi connectivity index (χ2n) is 16.4. The predicted octanol–water partition coefficient (Wildman–Crippen LogP) is 3.11. The molecule has 3 saturated heterocycles. The Labute approximate surface area is 292 Å². The van der Waals surface area contributed by atoms with Gasteiger partial charge in [0.2, 0.25) is 5.60 Å². The lowest BCUT2D eigenvalue weighted by molar-refractivity contribution is -0.484. The summed E-state index contributed by atoms with van der Waals surface area (Å²) < 4.78 is 51.6. The van der Waals surface area contributed by atoms with Crippen molar-refractivity contribution in [2.45, 2.75) is 121 Å². The topological polar surface area (TPSA) is 200 Å². The summed E-state index contributed by atoms with van der Waals surface area (Å²) in [5.74, 6) is -9.45. The van der Waals surface area contributed by atoms with Crippen LogP contribution >= 0.6 is 0 Å². The van der Waals surface area contributed by atoms with E-state index in [2.05, 4.69) is 0 Å². The van der Waals surface area contributed by atoms with E-state index in [-0.39, 0.29) is 37.9 Å². The van der Waals surface area contributed by atoms with Gasteiger partial charge >= 0.3 is 29.8 Å². The summed E-state index contributed by atoms with van der Waals surface area (Å²) in [5.41, 5.74) is -11.7. The summed E-state index contributed by atoms with van der Waals surface area (Å²) in [6.45, 7) is 10.2. The molecule has 4 bridgehead atoms. The van der Waals surface area contributed by atoms with Crippen molar-refractivity contribution in [2.24, 2.45) is 34.0 Å². The lowest BCUT2D eigenvalue weighted by Crippen LogP contribution is -2.95. The molecule has 7 fully saturated rings. The Kier molecular flexibility index (Phi) is 6.71. The van der Waals surface area contributed by atoms with Crippen molar-refractivity contribution >= 4 is 35.6 Å². The number of Topliss-reactive ketones (excluding diaryl/α,β-unsaturated/α-hetero) is 1. The van der Waals surface area contributed by atoms with Gasteiger partial charge in [-0.15, -0.1) is 0 Å². The highest BCUT2D eigenvalue weighted by Crippen LogP contribution is 2.90. The summed E-state index contributed by atoms with van der Waals surface area (Å²) in [7, 11) is 0. The Hall–Kier alpha value is -3.82. The lowest BCUT2D eigenvalue weighted by atomic mass is 9.33. The lowest BCUT2D eigenvalue weighted by Gasteiger charge is -2.77. The summed E-state index contributed by atoms with van der Waals surface area (Å²) >= 11 is 0. The van der Waals surface area contributed by atoms with Crippen LogP contribution in [0.15, 0.2) is 23.0 Å². The number of aliphatic carboxylic acids is 1. The van der Waals surface area contributed by atoms with Crippen LogP contribution in [-0.2, 0) is 57.1 Å². The number of esters is 4. The van der Waals surface area contributed by atoms with Crippen molar-refractivity contribution in [2.75, 3.05) is 6.61 Å². The quantitative estimate of drug-likeness (QED) is 0.234. The Morgan fingerprint density at radius 1 is 0.961 bits per heavy atom. The van der Waals surface area contributed by atoms with Crippen LogP contribution in [0.3, 0.4) is 0 Å². The number of furan rings is 1. The highest BCUT2D eigenvalue weighted by atomic mass is 16.9. The molecule has 15 nitrogen and oxygen atoms in total. The molecule has 8 rings (SSSR count). The SMILES string of the molecule is CC(=O)O[C@@H]1[C@]2(OC(C)=O)[C@@H](OC(=O)C(C)C)C34OC5(C)OC3(CC[C@@](C)(C(=O)c3ccoc3)[C@H]4CC(=O)O)[C@]34COC(=O)CC3[C@@]1(C)C[C@]24O5. The van der Waals surface area contributed by atoms with Crippen LogP contribution in [0.25, 0.3) is 0 Å². The number of carbonyl (C=O) groups excluding carboxylic acids is 5. The average Bonchev–Trinajstić information content (AvgIpc) is 3.73. The first-order valence-corrected chi connectivity index (χ1v) is 17.4. The van der Waals surface area contributed by atoms with E-state index in [1.54, 1.807) is 20.8 Å². The maximum Gasteiger partial charge on any atom is 0.308 e. The number of ketones is 1. The third-order valence-electron chi connectivity index (χ3n) is 13.7. The number of carboxylic acids is 1. The van der Waals surface area contributed by atoms with Gasteiger partial charge in [-0.3, -0.25) is 28.8 Å². The van der Waals surface area contributed by atoms with Crippen LogP contribution in [-0.4, -0.2) is 87.9 Å². The number of hydrogen-bond donors (Lipinski definition) is 1. The molecule has 1 aromatic rings. The fourth-order valence-corrected chi connectivity index (χ4v) is 12.5. The molecule has 0 amide bonds. The van der Waals surface area contributed by atoms with E-state index >= 15 is 0 Å². The van der Waals surface area contributed by atoms with E-state index in [9.17, 15) is 33.9 Å². The molecular formula is C36H42O15. The van der Waals surface area contributed by atoms with E-state index in [4.69, 9.17) is 37.6 Å². The Bertz CT molecular complexity index is 1790. The van der Waals surface area contributed by atoms with Crippen molar-refractivity contribution in [3.05, 3.63) is 24.2 Å². The minimum absolute atomic E-state index is 0.0389. The van der Waals surface area contributed by atoms with Gasteiger partial charge in [0.15, 0.2) is 18.0 Å². The molecule has 3 aliphatic heterocycles. The molecular weight excluding hydrogens is 672 g/mol. The second kappa shape index (κ2) is 9.98. The zero-order valence-electron chi connectivity index (χ0n) is 29.5. The Morgan fingerprint density at radius 3 is 2.27 bits per heavy atom. The highest BCUT2D eigenvalue weighted by molar-refractivity contribution is 6.01. The molecule has 4 saturated carbocycles. The number of ether oxygens (including phenoxy) is 7. The third-order valence-corrected chi connectivity index (χ3v) is 13.7. The summed E-state index contributed by atoms with van der Waals surface area (Å²) in [6, 6.07) is 1.48. The fraction of sp³-hybridized carbons (Fsp3) is 0.722. The minimum Gasteiger partial charge on any atom is -0.481 e. The molecule has 0 radical (unpaired) electrons. The van der Waals surface area contributed by atoms with Crippen LogP contribution in [0.5, 0.6) is 0 Å². The molecule has 4 aliphatic carbocycles. The Morgan fingerprint density at radius 2 is 1.67 bits per heavy atom. The van der Waals surface area contributed by atoms with Gasteiger partial charge in [-0.1, -0.05) is 27.7 Å².